The highest BCUT2D eigenvalue weighted by atomic mass is 16.5. The maximum absolute atomic E-state index is 12.3. The summed E-state index contributed by atoms with van der Waals surface area (Å²) in [6.45, 7) is 7.77. The molecule has 0 saturated carbocycles. The molecule has 2 aromatic carbocycles. The quantitative estimate of drug-likeness (QED) is 0.364. The molecule has 2 N–H and O–H groups in total. The Morgan fingerprint density at radius 2 is 1.23 bits per heavy atom. The van der Waals surface area contributed by atoms with Crippen LogP contribution in [0.2, 0.25) is 0 Å². The van der Waals surface area contributed by atoms with E-state index in [9.17, 15) is 9.59 Å². The molecule has 6 heteroatoms. The first-order valence-corrected chi connectivity index (χ1v) is 11.1. The standard InChI is InChI=1S/C25H34N2O4/c1-4-5-6-7-17-30-22-12-8-20(9-13-22)24(28)26-27-25(29)21-10-14-23(15-11-21)31-18-16-19(2)3/h8-15,19H,4-7,16-18H2,1-3H3,(H,26,28)(H,27,29). The monoisotopic (exact) mass is 426 g/mol. The fourth-order valence-corrected chi connectivity index (χ4v) is 2.79. The van der Waals surface area contributed by atoms with Gasteiger partial charge < -0.3 is 9.47 Å². The number of amides is 2. The van der Waals surface area contributed by atoms with E-state index in [2.05, 4.69) is 31.6 Å². The molecule has 0 aromatic heterocycles. The third-order valence-corrected chi connectivity index (χ3v) is 4.75. The molecule has 6 nitrogen and oxygen atoms in total. The van der Waals surface area contributed by atoms with Crippen molar-refractivity contribution in [3.8, 4) is 11.5 Å². The van der Waals surface area contributed by atoms with Crippen molar-refractivity contribution in [2.75, 3.05) is 13.2 Å². The van der Waals surface area contributed by atoms with E-state index >= 15 is 0 Å². The topological polar surface area (TPSA) is 76.7 Å². The van der Waals surface area contributed by atoms with Crippen LogP contribution in [-0.2, 0) is 0 Å². The van der Waals surface area contributed by atoms with Crippen molar-refractivity contribution < 1.29 is 19.1 Å². The number of carbonyl (C=O) groups excluding carboxylic acids is 2. The fourth-order valence-electron chi connectivity index (χ4n) is 2.79. The van der Waals surface area contributed by atoms with Crippen LogP contribution >= 0.6 is 0 Å². The summed E-state index contributed by atoms with van der Waals surface area (Å²) in [4.78, 5) is 24.5. The van der Waals surface area contributed by atoms with Gasteiger partial charge in [-0.25, -0.2) is 0 Å². The van der Waals surface area contributed by atoms with Gasteiger partial charge in [-0.2, -0.15) is 0 Å². The Kier molecular flexibility index (Phi) is 10.4. The zero-order valence-corrected chi connectivity index (χ0v) is 18.8. The van der Waals surface area contributed by atoms with Crippen LogP contribution in [0.15, 0.2) is 48.5 Å². The molecule has 0 bridgehead atoms. The third kappa shape index (κ3) is 9.11. The normalized spacial score (nSPS) is 10.6. The largest absolute Gasteiger partial charge is 0.494 e. The first-order valence-electron chi connectivity index (χ1n) is 11.1. The van der Waals surface area contributed by atoms with Gasteiger partial charge >= 0.3 is 0 Å². The van der Waals surface area contributed by atoms with Crippen LogP contribution in [0.3, 0.4) is 0 Å². The second-order valence-corrected chi connectivity index (χ2v) is 7.90. The lowest BCUT2D eigenvalue weighted by atomic mass is 10.1. The van der Waals surface area contributed by atoms with Crippen molar-refractivity contribution in [2.24, 2.45) is 5.92 Å². The van der Waals surface area contributed by atoms with E-state index in [4.69, 9.17) is 9.47 Å². The highest BCUT2D eigenvalue weighted by molar-refractivity contribution is 5.99. The highest BCUT2D eigenvalue weighted by Gasteiger charge is 2.10. The molecule has 0 saturated heterocycles. The number of benzene rings is 2. The summed E-state index contributed by atoms with van der Waals surface area (Å²) < 4.78 is 11.3. The predicted molar refractivity (Wildman–Crippen MR) is 122 cm³/mol. The molecule has 2 aromatic rings. The van der Waals surface area contributed by atoms with Gasteiger partial charge in [-0.15, -0.1) is 0 Å². The molecule has 0 aliphatic carbocycles. The number of hydrazine groups is 1. The van der Waals surface area contributed by atoms with Crippen molar-refractivity contribution in [1.29, 1.82) is 0 Å². The van der Waals surface area contributed by atoms with Crippen molar-refractivity contribution in [2.45, 2.75) is 52.9 Å². The minimum absolute atomic E-state index is 0.392. The van der Waals surface area contributed by atoms with Gasteiger partial charge in [0, 0.05) is 11.1 Å². The number of rotatable bonds is 12. The number of nitrogens with one attached hydrogen (secondary N) is 2. The van der Waals surface area contributed by atoms with E-state index < -0.39 is 11.8 Å². The molecule has 0 spiro atoms. The number of hydrogen-bond donors (Lipinski definition) is 2. The van der Waals surface area contributed by atoms with Crippen LogP contribution in [0.25, 0.3) is 0 Å². The second kappa shape index (κ2) is 13.3. The Labute approximate surface area is 185 Å². The predicted octanol–water partition coefficient (Wildman–Crippen LogP) is 5.15. The van der Waals surface area contributed by atoms with Gasteiger partial charge in [-0.1, -0.05) is 40.0 Å². The fraction of sp³-hybridized carbons (Fsp3) is 0.440. The summed E-state index contributed by atoms with van der Waals surface area (Å²) in [5.74, 6) is 1.24. The van der Waals surface area contributed by atoms with Crippen molar-refractivity contribution in [3.05, 3.63) is 59.7 Å². The van der Waals surface area contributed by atoms with Crippen LogP contribution in [0.1, 0.15) is 73.6 Å². The lowest BCUT2D eigenvalue weighted by Crippen LogP contribution is -2.41. The van der Waals surface area contributed by atoms with Gasteiger partial charge in [0.1, 0.15) is 11.5 Å². The summed E-state index contributed by atoms with van der Waals surface area (Å²) in [5.41, 5.74) is 5.74. The molecule has 0 aliphatic heterocycles. The van der Waals surface area contributed by atoms with Crippen LogP contribution in [-0.4, -0.2) is 25.0 Å². The first-order chi connectivity index (χ1) is 15.0. The Morgan fingerprint density at radius 3 is 1.68 bits per heavy atom. The zero-order chi connectivity index (χ0) is 22.5. The van der Waals surface area contributed by atoms with Gasteiger partial charge in [-0.3, -0.25) is 20.4 Å². The average molecular weight is 427 g/mol. The van der Waals surface area contributed by atoms with E-state index in [0.717, 1.165) is 25.0 Å². The van der Waals surface area contributed by atoms with E-state index in [0.29, 0.717) is 36.0 Å². The molecular weight excluding hydrogens is 392 g/mol. The summed E-state index contributed by atoms with van der Waals surface area (Å²) in [5, 5.41) is 0. The van der Waals surface area contributed by atoms with Crippen LogP contribution in [0.5, 0.6) is 11.5 Å². The Balaban J connectivity index is 1.75. The number of hydrogen-bond acceptors (Lipinski definition) is 4. The molecule has 168 valence electrons. The minimum atomic E-state index is -0.394. The molecule has 0 atom stereocenters. The second-order valence-electron chi connectivity index (χ2n) is 7.90. The van der Waals surface area contributed by atoms with E-state index in [1.165, 1.54) is 12.8 Å². The van der Waals surface area contributed by atoms with Crippen LogP contribution < -0.4 is 20.3 Å². The van der Waals surface area contributed by atoms with E-state index in [1.807, 2.05) is 0 Å². The molecule has 0 heterocycles. The third-order valence-electron chi connectivity index (χ3n) is 4.75. The Hall–Kier alpha value is -3.02. The van der Waals surface area contributed by atoms with Gasteiger partial charge in [0.25, 0.3) is 11.8 Å². The maximum atomic E-state index is 12.3. The summed E-state index contributed by atoms with van der Waals surface area (Å²) in [7, 11) is 0. The Morgan fingerprint density at radius 1 is 0.742 bits per heavy atom. The number of unbranched alkanes of at least 4 members (excludes halogenated alkanes) is 3. The van der Waals surface area contributed by atoms with E-state index in [-0.39, 0.29) is 0 Å². The minimum Gasteiger partial charge on any atom is -0.494 e. The lowest BCUT2D eigenvalue weighted by molar-refractivity contribution is 0.0846. The zero-order valence-electron chi connectivity index (χ0n) is 18.8. The smallest absolute Gasteiger partial charge is 0.269 e. The lowest BCUT2D eigenvalue weighted by Gasteiger charge is -2.10. The summed E-state index contributed by atoms with van der Waals surface area (Å²) in [6, 6.07) is 13.7. The molecule has 0 unspecified atom stereocenters. The number of carbonyl (C=O) groups is 2. The first kappa shape index (κ1) is 24.3. The van der Waals surface area contributed by atoms with Gasteiger partial charge in [0.15, 0.2) is 0 Å². The molecule has 0 radical (unpaired) electrons. The molecule has 31 heavy (non-hydrogen) atoms. The SMILES string of the molecule is CCCCCCOc1ccc(C(=O)NNC(=O)c2ccc(OCCC(C)C)cc2)cc1. The Bertz CT molecular complexity index is 801. The van der Waals surface area contributed by atoms with E-state index in [1.54, 1.807) is 48.5 Å². The van der Waals surface area contributed by atoms with Gasteiger partial charge in [0.2, 0.25) is 0 Å². The molecule has 2 rings (SSSR count). The van der Waals surface area contributed by atoms with Gasteiger partial charge in [0.05, 0.1) is 13.2 Å². The van der Waals surface area contributed by atoms with Crippen LogP contribution in [0.4, 0.5) is 0 Å². The average Bonchev–Trinajstić information content (AvgIpc) is 2.78. The maximum Gasteiger partial charge on any atom is 0.269 e. The molecular formula is C25H34N2O4. The van der Waals surface area contributed by atoms with Gasteiger partial charge in [-0.05, 0) is 67.3 Å². The van der Waals surface area contributed by atoms with Crippen molar-refractivity contribution >= 4 is 11.8 Å². The molecule has 0 aliphatic rings. The molecule has 2 amide bonds. The van der Waals surface area contributed by atoms with Crippen molar-refractivity contribution in [1.82, 2.24) is 10.9 Å². The number of ether oxygens (including phenoxy) is 2. The van der Waals surface area contributed by atoms with Crippen molar-refractivity contribution in [3.63, 3.8) is 0 Å². The highest BCUT2D eigenvalue weighted by Crippen LogP contribution is 2.14. The molecule has 0 fully saturated rings. The summed E-state index contributed by atoms with van der Waals surface area (Å²) >= 11 is 0. The summed E-state index contributed by atoms with van der Waals surface area (Å²) in [6.07, 6.45) is 5.56. The van der Waals surface area contributed by atoms with Crippen LogP contribution in [0, 0.1) is 5.92 Å².